The van der Waals surface area contributed by atoms with E-state index in [1.54, 1.807) is 17.4 Å². The van der Waals surface area contributed by atoms with Crippen LogP contribution in [0.2, 0.25) is 0 Å². The first-order valence-corrected chi connectivity index (χ1v) is 7.83. The Balaban J connectivity index is 1.90. The molecule has 0 saturated heterocycles. The third-order valence-electron chi connectivity index (χ3n) is 3.64. The third-order valence-corrected chi connectivity index (χ3v) is 4.69. The minimum absolute atomic E-state index is 0.0623. The van der Waals surface area contributed by atoms with E-state index in [0.29, 0.717) is 11.6 Å². The molecule has 1 N–H and O–H groups in total. The van der Waals surface area contributed by atoms with Gasteiger partial charge in [0.1, 0.15) is 11.1 Å². The molecule has 22 heavy (non-hydrogen) atoms. The van der Waals surface area contributed by atoms with E-state index in [4.69, 9.17) is 0 Å². The van der Waals surface area contributed by atoms with E-state index in [0.717, 1.165) is 23.5 Å². The van der Waals surface area contributed by atoms with Crippen LogP contribution in [0, 0.1) is 34.3 Å². The Morgan fingerprint density at radius 2 is 2.32 bits per heavy atom. The monoisotopic (exact) mass is 314 g/mol. The number of nitro benzene ring substituents is 1. The lowest BCUT2D eigenvalue weighted by Crippen LogP contribution is -2.13. The van der Waals surface area contributed by atoms with Crippen LogP contribution in [0.15, 0.2) is 23.6 Å². The van der Waals surface area contributed by atoms with Crippen molar-refractivity contribution in [3.8, 4) is 6.07 Å². The number of aryl methyl sites for hydroxylation is 1. The normalized spacial score (nSPS) is 15.1. The van der Waals surface area contributed by atoms with Gasteiger partial charge in [-0.1, -0.05) is 0 Å². The zero-order chi connectivity index (χ0) is 15.7. The Hall–Kier alpha value is -2.46. The van der Waals surface area contributed by atoms with Crippen LogP contribution in [0.25, 0.3) is 0 Å². The average Bonchev–Trinajstić information content (AvgIpc) is 3.26. The quantitative estimate of drug-likeness (QED) is 0.669. The van der Waals surface area contributed by atoms with Crippen molar-refractivity contribution in [1.29, 1.82) is 5.26 Å². The van der Waals surface area contributed by atoms with Gasteiger partial charge in [0.15, 0.2) is 0 Å². The SMILES string of the molecule is Cc1csc([C@@H](Nc2ccc([N+](=O)[O-])cc2C#N)C2CC2)n1. The minimum Gasteiger partial charge on any atom is -0.374 e. The molecular formula is C15H14N4O2S. The number of benzene rings is 1. The molecule has 0 spiro atoms. The van der Waals surface area contributed by atoms with Gasteiger partial charge in [-0.05, 0) is 31.7 Å². The second-order valence-corrected chi connectivity index (χ2v) is 6.28. The lowest BCUT2D eigenvalue weighted by Gasteiger charge is -2.18. The fourth-order valence-electron chi connectivity index (χ4n) is 2.36. The summed E-state index contributed by atoms with van der Waals surface area (Å²) >= 11 is 1.60. The van der Waals surface area contributed by atoms with Gasteiger partial charge >= 0.3 is 0 Å². The lowest BCUT2D eigenvalue weighted by molar-refractivity contribution is -0.384. The number of nitrogens with one attached hydrogen (secondary N) is 1. The molecular weight excluding hydrogens is 300 g/mol. The summed E-state index contributed by atoms with van der Waals surface area (Å²) in [6.45, 7) is 1.95. The zero-order valence-electron chi connectivity index (χ0n) is 11.9. The van der Waals surface area contributed by atoms with Crippen LogP contribution in [-0.4, -0.2) is 9.91 Å². The molecule has 1 heterocycles. The maximum atomic E-state index is 10.8. The van der Waals surface area contributed by atoms with E-state index in [1.807, 2.05) is 18.4 Å². The molecule has 1 atom stereocenters. The maximum Gasteiger partial charge on any atom is 0.270 e. The van der Waals surface area contributed by atoms with E-state index >= 15 is 0 Å². The minimum atomic E-state index is -0.493. The Morgan fingerprint density at radius 3 is 2.86 bits per heavy atom. The average molecular weight is 314 g/mol. The molecule has 0 unspecified atom stereocenters. The number of thiazole rings is 1. The van der Waals surface area contributed by atoms with E-state index in [-0.39, 0.29) is 17.3 Å². The molecule has 1 saturated carbocycles. The van der Waals surface area contributed by atoms with Gasteiger partial charge < -0.3 is 5.32 Å². The first-order valence-electron chi connectivity index (χ1n) is 6.95. The summed E-state index contributed by atoms with van der Waals surface area (Å²) in [6, 6.07) is 6.42. The Labute approximate surface area is 131 Å². The number of hydrogen-bond acceptors (Lipinski definition) is 6. The number of hydrogen-bond donors (Lipinski definition) is 1. The molecule has 6 nitrogen and oxygen atoms in total. The van der Waals surface area contributed by atoms with Crippen LogP contribution >= 0.6 is 11.3 Å². The van der Waals surface area contributed by atoms with Crippen LogP contribution in [0.4, 0.5) is 11.4 Å². The van der Waals surface area contributed by atoms with Crippen molar-refractivity contribution < 1.29 is 4.92 Å². The fourth-order valence-corrected chi connectivity index (χ4v) is 3.30. The number of nitriles is 1. The van der Waals surface area contributed by atoms with Crippen molar-refractivity contribution in [1.82, 2.24) is 4.98 Å². The van der Waals surface area contributed by atoms with Gasteiger partial charge in [-0.25, -0.2) is 4.98 Å². The summed E-state index contributed by atoms with van der Waals surface area (Å²) in [5.41, 5.74) is 1.82. The van der Waals surface area contributed by atoms with E-state index in [1.165, 1.54) is 12.1 Å². The molecule has 3 rings (SSSR count). The smallest absolute Gasteiger partial charge is 0.270 e. The highest BCUT2D eigenvalue weighted by molar-refractivity contribution is 7.09. The van der Waals surface area contributed by atoms with Gasteiger partial charge in [0.2, 0.25) is 0 Å². The molecule has 1 fully saturated rings. The molecule has 112 valence electrons. The molecule has 0 bridgehead atoms. The first kappa shape index (κ1) is 14.5. The highest BCUT2D eigenvalue weighted by Gasteiger charge is 2.34. The number of aromatic nitrogens is 1. The Bertz CT molecular complexity index is 761. The molecule has 1 aromatic carbocycles. The third kappa shape index (κ3) is 2.92. The highest BCUT2D eigenvalue weighted by Crippen LogP contribution is 2.44. The van der Waals surface area contributed by atoms with Gasteiger partial charge in [0, 0.05) is 23.2 Å². The molecule has 0 radical (unpaired) electrons. The van der Waals surface area contributed by atoms with Crippen molar-refractivity contribution in [3.63, 3.8) is 0 Å². The van der Waals surface area contributed by atoms with Crippen molar-refractivity contribution in [2.24, 2.45) is 5.92 Å². The molecule has 0 amide bonds. The summed E-state index contributed by atoms with van der Waals surface area (Å²) in [4.78, 5) is 14.9. The van der Waals surface area contributed by atoms with Crippen molar-refractivity contribution in [2.45, 2.75) is 25.8 Å². The van der Waals surface area contributed by atoms with Gasteiger partial charge in [-0.15, -0.1) is 11.3 Å². The number of nitro groups is 1. The number of rotatable bonds is 5. The van der Waals surface area contributed by atoms with Crippen LogP contribution in [0.5, 0.6) is 0 Å². The van der Waals surface area contributed by atoms with Crippen LogP contribution in [0.1, 0.15) is 35.1 Å². The fraction of sp³-hybridized carbons (Fsp3) is 0.333. The highest BCUT2D eigenvalue weighted by atomic mass is 32.1. The molecule has 1 aliphatic rings. The maximum absolute atomic E-state index is 10.8. The standard InChI is InChI=1S/C15H14N4O2S/c1-9-8-22-15(17-9)14(10-2-3-10)18-13-5-4-12(19(20)21)6-11(13)7-16/h4-6,8,10,14,18H,2-3H2,1H3/t14-/m0/s1. The molecule has 1 aliphatic carbocycles. The van der Waals surface area contributed by atoms with Gasteiger partial charge in [0.05, 0.1) is 22.2 Å². The summed E-state index contributed by atoms with van der Waals surface area (Å²) in [6.07, 6.45) is 2.26. The summed E-state index contributed by atoms with van der Waals surface area (Å²) < 4.78 is 0. The van der Waals surface area contributed by atoms with Crippen molar-refractivity contribution in [2.75, 3.05) is 5.32 Å². The van der Waals surface area contributed by atoms with Gasteiger partial charge in [0.25, 0.3) is 5.69 Å². The molecule has 2 aromatic rings. The van der Waals surface area contributed by atoms with Gasteiger partial charge in [-0.3, -0.25) is 10.1 Å². The largest absolute Gasteiger partial charge is 0.374 e. The molecule has 1 aromatic heterocycles. The van der Waals surface area contributed by atoms with E-state index < -0.39 is 4.92 Å². The van der Waals surface area contributed by atoms with Crippen LogP contribution in [-0.2, 0) is 0 Å². The lowest BCUT2D eigenvalue weighted by atomic mass is 10.1. The number of anilines is 1. The van der Waals surface area contributed by atoms with E-state index in [2.05, 4.69) is 10.3 Å². The second-order valence-electron chi connectivity index (χ2n) is 5.39. The number of non-ortho nitro benzene ring substituents is 1. The molecule has 0 aliphatic heterocycles. The summed E-state index contributed by atoms with van der Waals surface area (Å²) in [5, 5.41) is 26.4. The summed E-state index contributed by atoms with van der Waals surface area (Å²) in [7, 11) is 0. The second kappa shape index (κ2) is 5.73. The van der Waals surface area contributed by atoms with Crippen LogP contribution in [0.3, 0.4) is 0 Å². The zero-order valence-corrected chi connectivity index (χ0v) is 12.8. The predicted octanol–water partition coefficient (Wildman–Crippen LogP) is 3.79. The van der Waals surface area contributed by atoms with Crippen LogP contribution < -0.4 is 5.32 Å². The Morgan fingerprint density at radius 1 is 1.55 bits per heavy atom. The topological polar surface area (TPSA) is 91.9 Å². The van der Waals surface area contributed by atoms with E-state index in [9.17, 15) is 15.4 Å². The Kier molecular flexibility index (Phi) is 3.77. The van der Waals surface area contributed by atoms with Crippen molar-refractivity contribution in [3.05, 3.63) is 50.0 Å². The summed E-state index contributed by atoms with van der Waals surface area (Å²) in [5.74, 6) is 0.507. The predicted molar refractivity (Wildman–Crippen MR) is 83.8 cm³/mol. The number of nitrogens with zero attached hydrogens (tertiary/aromatic N) is 3. The van der Waals surface area contributed by atoms with Gasteiger partial charge in [-0.2, -0.15) is 5.26 Å². The molecule has 7 heteroatoms. The van der Waals surface area contributed by atoms with Crippen molar-refractivity contribution >= 4 is 22.7 Å². The first-order chi connectivity index (χ1) is 10.6.